The number of aromatic nitrogens is 1. The number of hydrogen-bond acceptors (Lipinski definition) is 3. The van der Waals surface area contributed by atoms with E-state index in [1.54, 1.807) is 17.6 Å². The molecule has 0 aliphatic heterocycles. The highest BCUT2D eigenvalue weighted by molar-refractivity contribution is 5.84. The Hall–Kier alpha value is -2.41. The Balaban J connectivity index is 1.96. The number of nitrogens with zero attached hydrogens (tertiary/aromatic N) is 1. The van der Waals surface area contributed by atoms with E-state index in [0.717, 1.165) is 17.8 Å². The maximum atomic E-state index is 12.8. The zero-order chi connectivity index (χ0) is 16.6. The minimum atomic E-state index is -4.54. The van der Waals surface area contributed by atoms with Crippen LogP contribution in [0.4, 0.5) is 13.2 Å². The summed E-state index contributed by atoms with van der Waals surface area (Å²) in [6.45, 7) is 0. The Labute approximate surface area is 129 Å². The highest BCUT2D eigenvalue weighted by Crippen LogP contribution is 2.60. The van der Waals surface area contributed by atoms with Crippen molar-refractivity contribution in [2.24, 2.45) is 5.92 Å². The van der Waals surface area contributed by atoms with Gasteiger partial charge in [-0.1, -0.05) is 30.3 Å². The fourth-order valence-electron chi connectivity index (χ4n) is 3.03. The van der Waals surface area contributed by atoms with E-state index in [-0.39, 0.29) is 5.92 Å². The van der Waals surface area contributed by atoms with Crippen LogP contribution in [0, 0.1) is 5.92 Å². The number of pyridine rings is 1. The van der Waals surface area contributed by atoms with E-state index in [0.29, 0.717) is 5.56 Å². The summed E-state index contributed by atoms with van der Waals surface area (Å²) in [4.78, 5) is 15.2. The van der Waals surface area contributed by atoms with Crippen LogP contribution in [0.1, 0.15) is 28.7 Å². The molecule has 1 fully saturated rings. The molecule has 3 unspecified atom stereocenters. The zero-order valence-electron chi connectivity index (χ0n) is 11.8. The Morgan fingerprint density at radius 2 is 1.74 bits per heavy atom. The number of rotatable bonds is 3. The van der Waals surface area contributed by atoms with Crippen LogP contribution in [-0.2, 0) is 11.0 Å². The lowest BCUT2D eigenvalue weighted by molar-refractivity contribution is -0.141. The molecule has 1 aliphatic rings. The van der Waals surface area contributed by atoms with Crippen molar-refractivity contribution in [3.8, 4) is 0 Å². The minimum Gasteiger partial charge on any atom is -0.289 e. The van der Waals surface area contributed by atoms with Gasteiger partial charge >= 0.3 is 6.18 Å². The molecule has 7 heteroatoms. The number of benzene rings is 1. The minimum absolute atomic E-state index is 0.271. The average molecular weight is 322 g/mol. The summed E-state index contributed by atoms with van der Waals surface area (Å²) in [5.41, 5.74) is 1.83. The molecule has 3 atom stereocenters. The summed E-state index contributed by atoms with van der Waals surface area (Å²) >= 11 is 0. The van der Waals surface area contributed by atoms with Crippen LogP contribution in [-0.4, -0.2) is 16.1 Å². The van der Waals surface area contributed by atoms with Crippen LogP contribution in [0.15, 0.2) is 48.7 Å². The molecule has 3 rings (SSSR count). The topological polar surface area (TPSA) is 62.2 Å². The third kappa shape index (κ3) is 2.92. The van der Waals surface area contributed by atoms with Crippen LogP contribution in [0.2, 0.25) is 0 Å². The number of carbonyl (C=O) groups is 1. The van der Waals surface area contributed by atoms with Crippen molar-refractivity contribution in [1.82, 2.24) is 10.5 Å². The number of hydrogen-bond donors (Lipinski definition) is 2. The third-order valence-corrected chi connectivity index (χ3v) is 4.08. The van der Waals surface area contributed by atoms with Crippen LogP contribution in [0.3, 0.4) is 0 Å². The second kappa shape index (κ2) is 5.66. The second-order valence-corrected chi connectivity index (χ2v) is 5.44. The number of halogens is 3. The van der Waals surface area contributed by atoms with E-state index < -0.39 is 29.6 Å². The maximum Gasteiger partial charge on any atom is 0.433 e. The molecule has 1 aliphatic carbocycles. The van der Waals surface area contributed by atoms with Gasteiger partial charge in [0.2, 0.25) is 5.91 Å². The van der Waals surface area contributed by atoms with Crippen LogP contribution in [0.5, 0.6) is 0 Å². The van der Waals surface area contributed by atoms with E-state index in [9.17, 15) is 18.0 Å². The molecule has 1 heterocycles. The number of carbonyl (C=O) groups excluding carboxylic acids is 1. The molecule has 2 N–H and O–H groups in total. The van der Waals surface area contributed by atoms with Gasteiger partial charge in [-0.15, -0.1) is 0 Å². The first-order chi connectivity index (χ1) is 10.9. The lowest BCUT2D eigenvalue weighted by Gasteiger charge is -2.07. The second-order valence-electron chi connectivity index (χ2n) is 5.44. The Bertz CT molecular complexity index is 719. The summed E-state index contributed by atoms with van der Waals surface area (Å²) < 4.78 is 38.4. The van der Waals surface area contributed by atoms with Crippen LogP contribution in [0.25, 0.3) is 0 Å². The summed E-state index contributed by atoms with van der Waals surface area (Å²) in [6.07, 6.45) is -3.45. The van der Waals surface area contributed by atoms with Gasteiger partial charge in [0, 0.05) is 18.0 Å². The van der Waals surface area contributed by atoms with Crippen molar-refractivity contribution >= 4 is 5.91 Å². The van der Waals surface area contributed by atoms with E-state index in [2.05, 4.69) is 4.98 Å². The van der Waals surface area contributed by atoms with Crippen molar-refractivity contribution in [2.75, 3.05) is 0 Å². The first kappa shape index (κ1) is 15.5. The van der Waals surface area contributed by atoms with Gasteiger partial charge in [-0.25, -0.2) is 5.48 Å². The Morgan fingerprint density at radius 1 is 1.09 bits per heavy atom. The molecule has 1 aromatic heterocycles. The Kier molecular flexibility index (Phi) is 3.81. The van der Waals surface area contributed by atoms with Gasteiger partial charge < -0.3 is 0 Å². The first-order valence-electron chi connectivity index (χ1n) is 6.95. The van der Waals surface area contributed by atoms with Gasteiger partial charge in [0.05, 0.1) is 5.92 Å². The Morgan fingerprint density at radius 3 is 2.35 bits per heavy atom. The maximum absolute atomic E-state index is 12.8. The standard InChI is InChI=1S/C16H13F3N2O2/c17-16(18,19)11-8-10(6-7-20-11)13-12(14(13)15(22)21-23)9-4-2-1-3-5-9/h1-8,12-14,23H,(H,21,22). The lowest BCUT2D eigenvalue weighted by atomic mass is 10.0. The predicted molar refractivity (Wildman–Crippen MR) is 74.6 cm³/mol. The molecule has 120 valence electrons. The largest absolute Gasteiger partial charge is 0.433 e. The lowest BCUT2D eigenvalue weighted by Crippen LogP contribution is -2.21. The van der Waals surface area contributed by atoms with Gasteiger partial charge in [0.15, 0.2) is 0 Å². The first-order valence-corrected chi connectivity index (χ1v) is 6.95. The molecule has 23 heavy (non-hydrogen) atoms. The van der Waals surface area contributed by atoms with E-state index in [1.165, 1.54) is 6.07 Å². The molecular formula is C16H13F3N2O2. The number of alkyl halides is 3. The van der Waals surface area contributed by atoms with Gasteiger partial charge in [0.1, 0.15) is 5.69 Å². The fraction of sp³-hybridized carbons (Fsp3) is 0.250. The fourth-order valence-corrected chi connectivity index (χ4v) is 3.03. The smallest absolute Gasteiger partial charge is 0.289 e. The zero-order valence-corrected chi connectivity index (χ0v) is 11.8. The van der Waals surface area contributed by atoms with Crippen LogP contribution < -0.4 is 5.48 Å². The van der Waals surface area contributed by atoms with Crippen molar-refractivity contribution in [2.45, 2.75) is 18.0 Å². The predicted octanol–water partition coefficient (Wildman–Crippen LogP) is 3.10. The van der Waals surface area contributed by atoms with E-state index >= 15 is 0 Å². The van der Waals surface area contributed by atoms with Gasteiger partial charge in [-0.2, -0.15) is 13.2 Å². The summed E-state index contributed by atoms with van der Waals surface area (Å²) in [5.74, 6) is -1.90. The van der Waals surface area contributed by atoms with Crippen molar-refractivity contribution in [1.29, 1.82) is 0 Å². The summed E-state index contributed by atoms with van der Waals surface area (Å²) in [5, 5.41) is 8.87. The van der Waals surface area contributed by atoms with E-state index in [4.69, 9.17) is 5.21 Å². The van der Waals surface area contributed by atoms with E-state index in [1.807, 2.05) is 18.2 Å². The molecule has 0 spiro atoms. The van der Waals surface area contributed by atoms with Crippen LogP contribution >= 0.6 is 0 Å². The highest BCUT2D eigenvalue weighted by atomic mass is 19.4. The molecule has 0 bridgehead atoms. The molecule has 2 aromatic rings. The average Bonchev–Trinajstić information content (AvgIpc) is 3.30. The van der Waals surface area contributed by atoms with Gasteiger partial charge in [-0.3, -0.25) is 15.0 Å². The summed E-state index contributed by atoms with van der Waals surface area (Å²) in [6, 6.07) is 11.5. The molecule has 1 aromatic carbocycles. The SMILES string of the molecule is O=C(NO)C1C(c2ccccc2)C1c1ccnc(C(F)(F)F)c1. The normalized spacial score (nSPS) is 23.4. The van der Waals surface area contributed by atoms with Crippen molar-refractivity contribution in [3.63, 3.8) is 0 Å². The monoisotopic (exact) mass is 322 g/mol. The molecule has 1 amide bonds. The molecule has 1 saturated carbocycles. The molecule has 4 nitrogen and oxygen atoms in total. The quantitative estimate of drug-likeness (QED) is 0.674. The molecule has 0 saturated heterocycles. The highest BCUT2D eigenvalue weighted by Gasteiger charge is 2.56. The molecular weight excluding hydrogens is 309 g/mol. The molecule has 0 radical (unpaired) electrons. The number of amides is 1. The van der Waals surface area contributed by atoms with Gasteiger partial charge in [0.25, 0.3) is 0 Å². The van der Waals surface area contributed by atoms with Gasteiger partial charge in [-0.05, 0) is 23.3 Å². The van der Waals surface area contributed by atoms with Crippen molar-refractivity contribution < 1.29 is 23.2 Å². The summed E-state index contributed by atoms with van der Waals surface area (Å²) in [7, 11) is 0. The number of hydroxylamine groups is 1. The third-order valence-electron chi connectivity index (χ3n) is 4.08. The van der Waals surface area contributed by atoms with Crippen molar-refractivity contribution in [3.05, 3.63) is 65.5 Å². The number of nitrogens with one attached hydrogen (secondary N) is 1.